The summed E-state index contributed by atoms with van der Waals surface area (Å²) in [7, 11) is 0. The van der Waals surface area contributed by atoms with Gasteiger partial charge in [-0.2, -0.15) is 0 Å². The maximum Gasteiger partial charge on any atom is 0.309 e. The first-order valence-corrected chi connectivity index (χ1v) is 8.69. The molecule has 2 heterocycles. The van der Waals surface area contributed by atoms with Crippen LogP contribution >= 0.6 is 11.6 Å². The number of hydrogen-bond acceptors (Lipinski definition) is 5. The molecule has 8 nitrogen and oxygen atoms in total. The predicted molar refractivity (Wildman–Crippen MR) is 95.8 cm³/mol. The summed E-state index contributed by atoms with van der Waals surface area (Å²) in [5.74, 6) is -1.29. The fraction of sp³-hybridized carbons (Fsp3) is 0.278. The molecule has 0 bridgehead atoms. The van der Waals surface area contributed by atoms with E-state index in [-0.39, 0.29) is 19.0 Å². The molecule has 0 saturated carbocycles. The first-order chi connectivity index (χ1) is 13.0. The Morgan fingerprint density at radius 2 is 1.85 bits per heavy atom. The van der Waals surface area contributed by atoms with Crippen LogP contribution < -0.4 is 10.6 Å². The highest BCUT2D eigenvalue weighted by atomic mass is 35.5. The SMILES string of the molecule is O=C(NCc1ccco1)C(=O)NC[C@@H]1OCCN1C(=O)c1ccc(Cl)cc1. The molecular weight excluding hydrogens is 374 g/mol. The second-order valence-electron chi connectivity index (χ2n) is 5.80. The predicted octanol–water partition coefficient (Wildman–Crippen LogP) is 1.16. The summed E-state index contributed by atoms with van der Waals surface area (Å²) in [6.45, 7) is 0.865. The molecule has 3 amide bonds. The van der Waals surface area contributed by atoms with Gasteiger partial charge in [-0.3, -0.25) is 14.4 Å². The zero-order valence-electron chi connectivity index (χ0n) is 14.3. The summed E-state index contributed by atoms with van der Waals surface area (Å²) in [6.07, 6.45) is 0.834. The maximum absolute atomic E-state index is 12.6. The topological polar surface area (TPSA) is 101 Å². The van der Waals surface area contributed by atoms with Gasteiger partial charge in [-0.05, 0) is 36.4 Å². The standard InChI is InChI=1S/C18H18ClN3O5/c19-13-5-3-12(4-6-13)18(25)22-7-9-27-15(22)11-21-17(24)16(23)20-10-14-2-1-8-26-14/h1-6,8,15H,7,9-11H2,(H,20,23)(H,21,24)/t15-/m0/s1. The maximum atomic E-state index is 12.6. The molecule has 2 aromatic rings. The fourth-order valence-corrected chi connectivity index (χ4v) is 2.73. The Kier molecular flexibility index (Phi) is 6.10. The molecule has 0 unspecified atom stereocenters. The Bertz CT molecular complexity index is 807. The van der Waals surface area contributed by atoms with E-state index in [0.717, 1.165) is 0 Å². The number of furan rings is 1. The highest BCUT2D eigenvalue weighted by molar-refractivity contribution is 6.35. The fourth-order valence-electron chi connectivity index (χ4n) is 2.60. The molecule has 1 aromatic heterocycles. The van der Waals surface area contributed by atoms with Gasteiger partial charge in [0.25, 0.3) is 5.91 Å². The van der Waals surface area contributed by atoms with Gasteiger partial charge in [0.05, 0.1) is 26.0 Å². The Labute approximate surface area is 160 Å². The average Bonchev–Trinajstić information content (AvgIpc) is 3.35. The average molecular weight is 392 g/mol. The van der Waals surface area contributed by atoms with Gasteiger partial charge in [0.2, 0.25) is 0 Å². The van der Waals surface area contributed by atoms with Crippen molar-refractivity contribution < 1.29 is 23.5 Å². The molecule has 0 spiro atoms. The number of carbonyl (C=O) groups excluding carboxylic acids is 3. The Morgan fingerprint density at radius 1 is 1.11 bits per heavy atom. The summed E-state index contributed by atoms with van der Waals surface area (Å²) in [4.78, 5) is 37.8. The quantitative estimate of drug-likeness (QED) is 0.745. The summed E-state index contributed by atoms with van der Waals surface area (Å²) >= 11 is 5.84. The Hall–Kier alpha value is -2.84. The van der Waals surface area contributed by atoms with Crippen LogP contribution in [0.15, 0.2) is 47.1 Å². The zero-order chi connectivity index (χ0) is 19.2. The van der Waals surface area contributed by atoms with E-state index >= 15 is 0 Å². The molecule has 2 N–H and O–H groups in total. The van der Waals surface area contributed by atoms with E-state index in [2.05, 4.69) is 10.6 Å². The summed E-state index contributed by atoms with van der Waals surface area (Å²) in [5.41, 5.74) is 0.470. The summed E-state index contributed by atoms with van der Waals surface area (Å²) < 4.78 is 10.6. The molecule has 1 saturated heterocycles. The largest absolute Gasteiger partial charge is 0.467 e. The first-order valence-electron chi connectivity index (χ1n) is 8.31. The molecule has 1 atom stereocenters. The number of amides is 3. The van der Waals surface area contributed by atoms with Gasteiger partial charge in [0, 0.05) is 17.1 Å². The van der Waals surface area contributed by atoms with E-state index in [1.54, 1.807) is 36.4 Å². The summed E-state index contributed by atoms with van der Waals surface area (Å²) in [6, 6.07) is 9.88. The van der Waals surface area contributed by atoms with Gasteiger partial charge in [0.1, 0.15) is 12.0 Å². The van der Waals surface area contributed by atoms with Crippen LogP contribution in [0.3, 0.4) is 0 Å². The minimum Gasteiger partial charge on any atom is -0.467 e. The van der Waals surface area contributed by atoms with Crippen molar-refractivity contribution in [2.75, 3.05) is 19.7 Å². The number of benzene rings is 1. The van der Waals surface area contributed by atoms with Gasteiger partial charge in [-0.25, -0.2) is 0 Å². The Balaban J connectivity index is 1.50. The molecule has 142 valence electrons. The van der Waals surface area contributed by atoms with E-state index in [1.165, 1.54) is 11.2 Å². The minimum atomic E-state index is -0.809. The lowest BCUT2D eigenvalue weighted by Crippen LogP contribution is -2.47. The van der Waals surface area contributed by atoms with E-state index in [9.17, 15) is 14.4 Å². The molecule has 9 heteroatoms. The molecule has 0 radical (unpaired) electrons. The van der Waals surface area contributed by atoms with Gasteiger partial charge >= 0.3 is 11.8 Å². The van der Waals surface area contributed by atoms with Crippen molar-refractivity contribution in [3.63, 3.8) is 0 Å². The van der Waals surface area contributed by atoms with Crippen molar-refractivity contribution in [1.29, 1.82) is 0 Å². The third-order valence-corrected chi connectivity index (χ3v) is 4.24. The van der Waals surface area contributed by atoms with Crippen LogP contribution in [0, 0.1) is 0 Å². The molecule has 27 heavy (non-hydrogen) atoms. The van der Waals surface area contributed by atoms with Gasteiger partial charge in [-0.1, -0.05) is 11.6 Å². The number of nitrogens with zero attached hydrogens (tertiary/aromatic N) is 1. The number of carbonyl (C=O) groups is 3. The molecular formula is C18H18ClN3O5. The normalized spacial score (nSPS) is 16.2. The van der Waals surface area contributed by atoms with Crippen LogP contribution in [0.2, 0.25) is 5.02 Å². The lowest BCUT2D eigenvalue weighted by Gasteiger charge is -2.23. The number of nitrogens with one attached hydrogen (secondary N) is 2. The van der Waals surface area contributed by atoms with Crippen molar-refractivity contribution >= 4 is 29.3 Å². The highest BCUT2D eigenvalue weighted by Crippen LogP contribution is 2.16. The van der Waals surface area contributed by atoms with E-state index in [4.69, 9.17) is 20.8 Å². The molecule has 1 fully saturated rings. The number of halogens is 1. The molecule has 3 rings (SSSR count). The lowest BCUT2D eigenvalue weighted by molar-refractivity contribution is -0.139. The van der Waals surface area contributed by atoms with Crippen LogP contribution in [0.1, 0.15) is 16.1 Å². The third kappa shape index (κ3) is 4.87. The lowest BCUT2D eigenvalue weighted by atomic mass is 10.2. The van der Waals surface area contributed by atoms with Crippen molar-refractivity contribution in [2.45, 2.75) is 12.8 Å². The van der Waals surface area contributed by atoms with Crippen LogP contribution in [0.4, 0.5) is 0 Å². The van der Waals surface area contributed by atoms with Crippen LogP contribution in [-0.2, 0) is 20.9 Å². The van der Waals surface area contributed by atoms with E-state index in [1.807, 2.05) is 0 Å². The molecule has 1 aliphatic heterocycles. The second kappa shape index (κ2) is 8.70. The minimum absolute atomic E-state index is 0.00628. The number of hydrogen-bond donors (Lipinski definition) is 2. The third-order valence-electron chi connectivity index (χ3n) is 3.99. The van der Waals surface area contributed by atoms with Crippen LogP contribution in [0.5, 0.6) is 0 Å². The monoisotopic (exact) mass is 391 g/mol. The summed E-state index contributed by atoms with van der Waals surface area (Å²) in [5, 5.41) is 5.46. The van der Waals surface area contributed by atoms with Crippen LogP contribution in [0.25, 0.3) is 0 Å². The number of rotatable bonds is 5. The van der Waals surface area contributed by atoms with Crippen molar-refractivity contribution in [3.05, 3.63) is 59.0 Å². The van der Waals surface area contributed by atoms with Crippen molar-refractivity contribution in [2.24, 2.45) is 0 Å². The van der Waals surface area contributed by atoms with Gasteiger partial charge in [-0.15, -0.1) is 0 Å². The van der Waals surface area contributed by atoms with Gasteiger partial charge < -0.3 is 24.7 Å². The zero-order valence-corrected chi connectivity index (χ0v) is 15.1. The van der Waals surface area contributed by atoms with Crippen LogP contribution in [-0.4, -0.2) is 48.5 Å². The molecule has 1 aromatic carbocycles. The Morgan fingerprint density at radius 3 is 2.56 bits per heavy atom. The smallest absolute Gasteiger partial charge is 0.309 e. The van der Waals surface area contributed by atoms with Crippen molar-refractivity contribution in [1.82, 2.24) is 15.5 Å². The second-order valence-corrected chi connectivity index (χ2v) is 6.24. The number of ether oxygens (including phenoxy) is 1. The van der Waals surface area contributed by atoms with E-state index < -0.39 is 18.0 Å². The highest BCUT2D eigenvalue weighted by Gasteiger charge is 2.31. The molecule has 1 aliphatic rings. The first kappa shape index (κ1) is 18.9. The van der Waals surface area contributed by atoms with E-state index in [0.29, 0.717) is 29.5 Å². The molecule has 0 aliphatic carbocycles. The van der Waals surface area contributed by atoms with Crippen molar-refractivity contribution in [3.8, 4) is 0 Å². The van der Waals surface area contributed by atoms with Gasteiger partial charge in [0.15, 0.2) is 0 Å².